The molecule has 0 aromatic heterocycles. The summed E-state index contributed by atoms with van der Waals surface area (Å²) in [7, 11) is -0.777. The zero-order chi connectivity index (χ0) is 21.8. The number of azo groups is 1. The number of hydrogen-bond acceptors (Lipinski definition) is 6. The Bertz CT molecular complexity index is 1090. The van der Waals surface area contributed by atoms with Crippen molar-refractivity contribution in [3.05, 3.63) is 65.0 Å². The molecule has 0 saturated carbocycles. The van der Waals surface area contributed by atoms with E-state index in [-0.39, 0.29) is 22.0 Å². The third kappa shape index (κ3) is 5.27. The SMILES string of the molecule is C/C(O)=C(\N=Nc1ccc(C)c(S(=O)(=O)N(C)C)c1)C(=O)Nc1ccccc1C. The second-order valence-corrected chi connectivity index (χ2v) is 8.76. The number of rotatable bonds is 6. The van der Waals surface area contributed by atoms with E-state index in [1.54, 1.807) is 31.2 Å². The Labute approximate surface area is 170 Å². The van der Waals surface area contributed by atoms with Crippen molar-refractivity contribution >= 4 is 27.3 Å². The van der Waals surface area contributed by atoms with Crippen LogP contribution in [0, 0.1) is 13.8 Å². The number of nitrogens with zero attached hydrogens (tertiary/aromatic N) is 3. The van der Waals surface area contributed by atoms with Crippen molar-refractivity contribution in [1.29, 1.82) is 0 Å². The Kier molecular flexibility index (Phi) is 6.89. The van der Waals surface area contributed by atoms with Gasteiger partial charge in [0.1, 0.15) is 5.76 Å². The second kappa shape index (κ2) is 8.97. The quantitative estimate of drug-likeness (QED) is 0.420. The number of carbonyl (C=O) groups excluding carboxylic acids is 1. The number of aryl methyl sites for hydroxylation is 2. The molecule has 0 fully saturated rings. The summed E-state index contributed by atoms with van der Waals surface area (Å²) >= 11 is 0. The normalized spacial score (nSPS) is 12.9. The zero-order valence-electron chi connectivity index (χ0n) is 17.0. The van der Waals surface area contributed by atoms with Crippen LogP contribution in [0.15, 0.2) is 69.0 Å². The maximum atomic E-state index is 12.5. The minimum atomic E-state index is -3.66. The van der Waals surface area contributed by atoms with Crippen molar-refractivity contribution in [1.82, 2.24) is 4.31 Å². The molecule has 0 unspecified atom stereocenters. The number of hydrogen-bond donors (Lipinski definition) is 2. The standard InChI is InChI=1S/C20H24N4O4S/c1-13-8-6-7-9-17(13)21-20(26)19(15(3)25)23-22-16-11-10-14(2)18(12-16)29(27,28)24(4)5/h6-12,25H,1-5H3,(H,21,26)/b19-15+,23-22?. The summed E-state index contributed by atoms with van der Waals surface area (Å²) in [5, 5.41) is 20.3. The molecule has 154 valence electrons. The van der Waals surface area contributed by atoms with Crippen LogP contribution in [0.2, 0.25) is 0 Å². The lowest BCUT2D eigenvalue weighted by atomic mass is 10.2. The van der Waals surface area contributed by atoms with E-state index in [4.69, 9.17) is 0 Å². The molecule has 0 aliphatic rings. The Morgan fingerprint density at radius 2 is 1.72 bits per heavy atom. The molecular weight excluding hydrogens is 392 g/mol. The predicted molar refractivity (Wildman–Crippen MR) is 112 cm³/mol. The topological polar surface area (TPSA) is 111 Å². The van der Waals surface area contributed by atoms with Crippen molar-refractivity contribution in [2.75, 3.05) is 19.4 Å². The van der Waals surface area contributed by atoms with Crippen LogP contribution in [0.5, 0.6) is 0 Å². The molecule has 2 aromatic carbocycles. The monoisotopic (exact) mass is 416 g/mol. The van der Waals surface area contributed by atoms with Gasteiger partial charge in [0.05, 0.1) is 10.6 Å². The van der Waals surface area contributed by atoms with E-state index in [0.29, 0.717) is 11.3 Å². The fourth-order valence-corrected chi connectivity index (χ4v) is 3.55. The Balaban J connectivity index is 2.34. The van der Waals surface area contributed by atoms with E-state index >= 15 is 0 Å². The van der Waals surface area contributed by atoms with E-state index in [2.05, 4.69) is 15.5 Å². The first-order valence-corrected chi connectivity index (χ1v) is 10.2. The molecule has 0 radical (unpaired) electrons. The Morgan fingerprint density at radius 1 is 1.07 bits per heavy atom. The van der Waals surface area contributed by atoms with Gasteiger partial charge in [-0.15, -0.1) is 5.11 Å². The molecule has 2 N–H and O–H groups in total. The number of para-hydroxylation sites is 1. The maximum Gasteiger partial charge on any atom is 0.279 e. The average molecular weight is 417 g/mol. The molecular formula is C20H24N4O4S. The van der Waals surface area contributed by atoms with Gasteiger partial charge in [-0.05, 0) is 50.1 Å². The number of benzene rings is 2. The molecule has 2 aromatic rings. The number of aliphatic hydroxyl groups is 1. The molecule has 8 nitrogen and oxygen atoms in total. The van der Waals surface area contributed by atoms with Crippen LogP contribution in [0.1, 0.15) is 18.1 Å². The minimum Gasteiger partial charge on any atom is -0.510 e. The third-order valence-electron chi connectivity index (χ3n) is 4.15. The van der Waals surface area contributed by atoms with Gasteiger partial charge in [0.2, 0.25) is 10.0 Å². The summed E-state index contributed by atoms with van der Waals surface area (Å²) in [6.07, 6.45) is 0. The summed E-state index contributed by atoms with van der Waals surface area (Å²) in [6, 6.07) is 11.7. The number of sulfonamides is 1. The lowest BCUT2D eigenvalue weighted by Crippen LogP contribution is -2.22. The van der Waals surface area contributed by atoms with Gasteiger partial charge >= 0.3 is 0 Å². The van der Waals surface area contributed by atoms with Crippen molar-refractivity contribution in [2.45, 2.75) is 25.7 Å². The minimum absolute atomic E-state index is 0.0922. The van der Waals surface area contributed by atoms with E-state index in [9.17, 15) is 18.3 Å². The molecule has 0 spiro atoms. The van der Waals surface area contributed by atoms with Gasteiger partial charge in [-0.25, -0.2) is 12.7 Å². The van der Waals surface area contributed by atoms with Crippen molar-refractivity contribution < 1.29 is 18.3 Å². The van der Waals surface area contributed by atoms with Crippen LogP contribution in [0.3, 0.4) is 0 Å². The van der Waals surface area contributed by atoms with Crippen LogP contribution in [0.25, 0.3) is 0 Å². The summed E-state index contributed by atoms with van der Waals surface area (Å²) in [6.45, 7) is 4.84. The number of aliphatic hydroxyl groups excluding tert-OH is 1. The van der Waals surface area contributed by atoms with Crippen LogP contribution < -0.4 is 5.32 Å². The fourth-order valence-electron chi connectivity index (χ4n) is 2.41. The Morgan fingerprint density at radius 3 is 2.31 bits per heavy atom. The zero-order valence-corrected chi connectivity index (χ0v) is 17.8. The highest BCUT2D eigenvalue weighted by Crippen LogP contribution is 2.25. The van der Waals surface area contributed by atoms with Gasteiger partial charge in [-0.3, -0.25) is 4.79 Å². The van der Waals surface area contributed by atoms with Crippen molar-refractivity contribution in [2.24, 2.45) is 10.2 Å². The first-order valence-electron chi connectivity index (χ1n) is 8.75. The molecule has 2 rings (SSSR count). The van der Waals surface area contributed by atoms with Crippen LogP contribution in [-0.4, -0.2) is 37.8 Å². The van der Waals surface area contributed by atoms with Gasteiger partial charge in [0.15, 0.2) is 5.70 Å². The lowest BCUT2D eigenvalue weighted by Gasteiger charge is -2.13. The third-order valence-corrected chi connectivity index (χ3v) is 6.10. The van der Waals surface area contributed by atoms with Crippen LogP contribution in [0.4, 0.5) is 11.4 Å². The summed E-state index contributed by atoms with van der Waals surface area (Å²) in [5.41, 5.74) is 1.96. The van der Waals surface area contributed by atoms with E-state index < -0.39 is 15.9 Å². The number of nitrogens with one attached hydrogen (secondary N) is 1. The van der Waals surface area contributed by atoms with E-state index in [1.165, 1.54) is 27.1 Å². The largest absolute Gasteiger partial charge is 0.510 e. The Hall–Kier alpha value is -3.04. The molecule has 0 atom stereocenters. The highest BCUT2D eigenvalue weighted by Gasteiger charge is 2.20. The van der Waals surface area contributed by atoms with Crippen LogP contribution >= 0.6 is 0 Å². The molecule has 29 heavy (non-hydrogen) atoms. The van der Waals surface area contributed by atoms with Gasteiger partial charge in [-0.2, -0.15) is 5.11 Å². The number of carbonyl (C=O) groups is 1. The molecule has 0 saturated heterocycles. The first kappa shape index (κ1) is 22.3. The number of amides is 1. The van der Waals surface area contributed by atoms with E-state index in [1.807, 2.05) is 19.1 Å². The number of allylic oxidation sites excluding steroid dienone is 1. The predicted octanol–water partition coefficient (Wildman–Crippen LogP) is 4.07. The second-order valence-electron chi connectivity index (χ2n) is 6.64. The van der Waals surface area contributed by atoms with E-state index in [0.717, 1.165) is 9.87 Å². The van der Waals surface area contributed by atoms with Crippen molar-refractivity contribution in [3.8, 4) is 0 Å². The van der Waals surface area contributed by atoms with Gasteiger partial charge < -0.3 is 10.4 Å². The summed E-state index contributed by atoms with van der Waals surface area (Å²) in [4.78, 5) is 12.6. The van der Waals surface area contributed by atoms with Gasteiger partial charge in [-0.1, -0.05) is 24.3 Å². The first-order chi connectivity index (χ1) is 13.5. The number of anilines is 1. The fraction of sp³-hybridized carbons (Fsp3) is 0.250. The van der Waals surface area contributed by atoms with Gasteiger partial charge in [0.25, 0.3) is 5.91 Å². The maximum absolute atomic E-state index is 12.5. The molecule has 9 heteroatoms. The van der Waals surface area contributed by atoms with Crippen molar-refractivity contribution in [3.63, 3.8) is 0 Å². The molecule has 0 aliphatic carbocycles. The lowest BCUT2D eigenvalue weighted by molar-refractivity contribution is -0.113. The molecule has 0 heterocycles. The summed E-state index contributed by atoms with van der Waals surface area (Å²) in [5.74, 6) is -0.940. The smallest absolute Gasteiger partial charge is 0.279 e. The van der Waals surface area contributed by atoms with Gasteiger partial charge in [0, 0.05) is 19.8 Å². The summed E-state index contributed by atoms with van der Waals surface area (Å²) < 4.78 is 26.0. The highest BCUT2D eigenvalue weighted by atomic mass is 32.2. The molecule has 0 aliphatic heterocycles. The molecule has 1 amide bonds. The highest BCUT2D eigenvalue weighted by molar-refractivity contribution is 7.89. The van der Waals surface area contributed by atoms with Crippen LogP contribution in [-0.2, 0) is 14.8 Å². The molecule has 0 bridgehead atoms. The average Bonchev–Trinajstić information content (AvgIpc) is 2.64.